The number of H-pyrrole nitrogens is 1. The number of fused-ring (bicyclic) bond motifs is 1. The lowest BCUT2D eigenvalue weighted by Crippen LogP contribution is -2.32. The molecule has 1 atom stereocenters. The van der Waals surface area contributed by atoms with Crippen molar-refractivity contribution in [3.8, 4) is 0 Å². The summed E-state index contributed by atoms with van der Waals surface area (Å²) in [7, 11) is 0. The summed E-state index contributed by atoms with van der Waals surface area (Å²) in [6.07, 6.45) is 2.11. The first-order valence-electron chi connectivity index (χ1n) is 7.99. The molecule has 2 aromatic rings. The number of aryl methyl sites for hydroxylation is 1. The predicted molar refractivity (Wildman–Crippen MR) is 85.1 cm³/mol. The zero-order valence-electron chi connectivity index (χ0n) is 13.3. The number of nitrogens with zero attached hydrogens (tertiary/aromatic N) is 3. The highest BCUT2D eigenvalue weighted by atomic mass is 16.2. The zero-order chi connectivity index (χ0) is 15.9. The zero-order valence-corrected chi connectivity index (χ0v) is 13.3. The van der Waals surface area contributed by atoms with Crippen LogP contribution in [0.15, 0.2) is 9.59 Å². The van der Waals surface area contributed by atoms with Crippen LogP contribution in [0.3, 0.4) is 0 Å². The van der Waals surface area contributed by atoms with Gasteiger partial charge in [0.05, 0.1) is 6.04 Å². The van der Waals surface area contributed by atoms with Crippen molar-refractivity contribution < 1.29 is 0 Å². The molecule has 1 fully saturated rings. The van der Waals surface area contributed by atoms with E-state index in [2.05, 4.69) is 15.3 Å². The SMILES string of the molecule is CCn1c(C2CCCN2)nc2c1c(=O)[nH]c(=O)n2CC(C)C. The number of nitrogens with one attached hydrogen (secondary N) is 2. The van der Waals surface area contributed by atoms with E-state index in [-0.39, 0.29) is 17.3 Å². The van der Waals surface area contributed by atoms with Gasteiger partial charge in [-0.3, -0.25) is 14.3 Å². The minimum atomic E-state index is -0.377. The monoisotopic (exact) mass is 305 g/mol. The second-order valence-electron chi connectivity index (χ2n) is 6.30. The molecule has 1 aliphatic heterocycles. The molecule has 0 saturated carbocycles. The molecule has 1 saturated heterocycles. The Hall–Kier alpha value is -1.89. The van der Waals surface area contributed by atoms with Crippen LogP contribution >= 0.6 is 0 Å². The average molecular weight is 305 g/mol. The Balaban J connectivity index is 2.29. The van der Waals surface area contributed by atoms with E-state index in [1.807, 2.05) is 25.3 Å². The van der Waals surface area contributed by atoms with E-state index in [1.54, 1.807) is 4.57 Å². The fourth-order valence-corrected chi connectivity index (χ4v) is 3.21. The Kier molecular flexibility index (Phi) is 3.90. The first kappa shape index (κ1) is 15.0. The van der Waals surface area contributed by atoms with Crippen molar-refractivity contribution in [2.75, 3.05) is 6.54 Å². The maximum absolute atomic E-state index is 12.3. The van der Waals surface area contributed by atoms with Gasteiger partial charge in [0.25, 0.3) is 5.56 Å². The molecule has 0 aliphatic carbocycles. The molecule has 7 heteroatoms. The Labute approximate surface area is 128 Å². The number of aromatic nitrogens is 4. The molecular weight excluding hydrogens is 282 g/mol. The highest BCUT2D eigenvalue weighted by molar-refractivity contribution is 5.71. The van der Waals surface area contributed by atoms with Crippen LogP contribution in [-0.4, -0.2) is 25.6 Å². The quantitative estimate of drug-likeness (QED) is 0.882. The first-order valence-corrected chi connectivity index (χ1v) is 7.99. The number of hydrogen-bond donors (Lipinski definition) is 2. The van der Waals surface area contributed by atoms with E-state index < -0.39 is 0 Å². The molecule has 22 heavy (non-hydrogen) atoms. The van der Waals surface area contributed by atoms with Gasteiger partial charge >= 0.3 is 5.69 Å². The molecule has 0 aromatic carbocycles. The Bertz CT molecular complexity index is 793. The van der Waals surface area contributed by atoms with Crippen molar-refractivity contribution in [3.05, 3.63) is 26.7 Å². The minimum Gasteiger partial charge on any atom is -0.321 e. The van der Waals surface area contributed by atoms with Gasteiger partial charge in [0.2, 0.25) is 0 Å². The van der Waals surface area contributed by atoms with E-state index in [0.717, 1.165) is 25.2 Å². The van der Waals surface area contributed by atoms with E-state index >= 15 is 0 Å². The maximum Gasteiger partial charge on any atom is 0.330 e. The summed E-state index contributed by atoms with van der Waals surface area (Å²) in [6, 6.07) is 0.161. The summed E-state index contributed by atoms with van der Waals surface area (Å²) in [5.74, 6) is 1.16. The highest BCUT2D eigenvalue weighted by Crippen LogP contribution is 2.25. The van der Waals surface area contributed by atoms with Crippen LogP contribution in [0.25, 0.3) is 11.2 Å². The van der Waals surface area contributed by atoms with Crippen LogP contribution in [0.4, 0.5) is 0 Å². The number of rotatable bonds is 4. The van der Waals surface area contributed by atoms with Gasteiger partial charge < -0.3 is 9.88 Å². The molecule has 0 spiro atoms. The Morgan fingerprint density at radius 2 is 2.09 bits per heavy atom. The van der Waals surface area contributed by atoms with E-state index in [1.165, 1.54) is 0 Å². The summed E-state index contributed by atoms with van der Waals surface area (Å²) in [6.45, 7) is 8.25. The first-order chi connectivity index (χ1) is 10.5. The molecule has 0 bridgehead atoms. The van der Waals surface area contributed by atoms with Crippen LogP contribution in [0.1, 0.15) is 45.5 Å². The lowest BCUT2D eigenvalue weighted by atomic mass is 10.2. The molecular formula is C15H23N5O2. The third-order valence-corrected chi connectivity index (χ3v) is 4.15. The van der Waals surface area contributed by atoms with Gasteiger partial charge in [-0.2, -0.15) is 0 Å². The normalized spacial score (nSPS) is 18.6. The molecule has 1 aliphatic rings. The summed E-state index contributed by atoms with van der Waals surface area (Å²) in [5.41, 5.74) is 0.288. The van der Waals surface area contributed by atoms with Crippen LogP contribution in [0.5, 0.6) is 0 Å². The second-order valence-corrected chi connectivity index (χ2v) is 6.30. The largest absolute Gasteiger partial charge is 0.330 e. The molecule has 1 unspecified atom stereocenters. The lowest BCUT2D eigenvalue weighted by Gasteiger charge is -2.11. The van der Waals surface area contributed by atoms with Crippen molar-refractivity contribution in [1.29, 1.82) is 0 Å². The van der Waals surface area contributed by atoms with Gasteiger partial charge in [-0.25, -0.2) is 9.78 Å². The molecule has 0 radical (unpaired) electrons. The average Bonchev–Trinajstić information content (AvgIpc) is 3.09. The van der Waals surface area contributed by atoms with Gasteiger partial charge in [0.15, 0.2) is 11.2 Å². The third kappa shape index (κ3) is 2.39. The fourth-order valence-electron chi connectivity index (χ4n) is 3.21. The van der Waals surface area contributed by atoms with Crippen LogP contribution in [-0.2, 0) is 13.1 Å². The van der Waals surface area contributed by atoms with Crippen molar-refractivity contribution >= 4 is 11.2 Å². The molecule has 120 valence electrons. The third-order valence-electron chi connectivity index (χ3n) is 4.15. The standard InChI is InChI=1S/C15H23N5O2/c1-4-19-11-13(17-12(19)10-6-5-7-16-10)20(8-9(2)3)15(22)18-14(11)21/h9-10,16H,4-8H2,1-3H3,(H,18,21,22). The van der Waals surface area contributed by atoms with Crippen LogP contribution < -0.4 is 16.6 Å². The number of hydrogen-bond acceptors (Lipinski definition) is 4. The maximum atomic E-state index is 12.3. The molecule has 2 N–H and O–H groups in total. The van der Waals surface area contributed by atoms with Gasteiger partial charge in [0.1, 0.15) is 5.82 Å². The van der Waals surface area contributed by atoms with Crippen molar-refractivity contribution in [1.82, 2.24) is 24.4 Å². The van der Waals surface area contributed by atoms with Gasteiger partial charge in [-0.1, -0.05) is 13.8 Å². The molecule has 2 aromatic heterocycles. The molecule has 7 nitrogen and oxygen atoms in total. The van der Waals surface area contributed by atoms with Gasteiger partial charge in [-0.15, -0.1) is 0 Å². The predicted octanol–water partition coefficient (Wildman–Crippen LogP) is 0.987. The van der Waals surface area contributed by atoms with Gasteiger partial charge in [0, 0.05) is 13.1 Å². The second kappa shape index (κ2) is 5.72. The smallest absolute Gasteiger partial charge is 0.321 e. The summed E-state index contributed by atoms with van der Waals surface area (Å²) in [4.78, 5) is 31.6. The fraction of sp³-hybridized carbons (Fsp3) is 0.667. The van der Waals surface area contributed by atoms with Crippen molar-refractivity contribution in [2.45, 2.75) is 52.7 Å². The van der Waals surface area contributed by atoms with E-state index in [4.69, 9.17) is 0 Å². The number of imidazole rings is 1. The summed E-state index contributed by atoms with van der Waals surface area (Å²) < 4.78 is 3.53. The van der Waals surface area contributed by atoms with Gasteiger partial charge in [-0.05, 0) is 32.2 Å². The van der Waals surface area contributed by atoms with E-state index in [9.17, 15) is 9.59 Å². The van der Waals surface area contributed by atoms with E-state index in [0.29, 0.717) is 30.2 Å². The highest BCUT2D eigenvalue weighted by Gasteiger charge is 2.25. The van der Waals surface area contributed by atoms with Crippen molar-refractivity contribution in [2.24, 2.45) is 5.92 Å². The Morgan fingerprint density at radius 1 is 1.32 bits per heavy atom. The minimum absolute atomic E-state index is 0.161. The Morgan fingerprint density at radius 3 is 2.68 bits per heavy atom. The van der Waals surface area contributed by atoms with Crippen LogP contribution in [0, 0.1) is 5.92 Å². The lowest BCUT2D eigenvalue weighted by molar-refractivity contribution is 0.512. The van der Waals surface area contributed by atoms with Crippen molar-refractivity contribution in [3.63, 3.8) is 0 Å². The molecule has 0 amide bonds. The summed E-state index contributed by atoms with van der Waals surface area (Å²) >= 11 is 0. The number of aromatic amines is 1. The summed E-state index contributed by atoms with van der Waals surface area (Å²) in [5, 5.41) is 3.42. The topological polar surface area (TPSA) is 84.7 Å². The van der Waals surface area contributed by atoms with Crippen LogP contribution in [0.2, 0.25) is 0 Å². The molecule has 3 rings (SSSR count). The molecule has 3 heterocycles.